The van der Waals surface area contributed by atoms with Gasteiger partial charge in [-0.3, -0.25) is 4.79 Å². The van der Waals surface area contributed by atoms with Crippen molar-refractivity contribution in [1.29, 1.82) is 0 Å². The normalized spacial score (nSPS) is 19.4. The minimum Gasteiger partial charge on any atom is -0.481 e. The first-order valence-electron chi connectivity index (χ1n) is 5.75. The van der Waals surface area contributed by atoms with Crippen molar-refractivity contribution in [1.82, 2.24) is 9.80 Å². The van der Waals surface area contributed by atoms with Gasteiger partial charge in [-0.05, 0) is 18.6 Å². The number of nitrogens with zero attached hydrogens (tertiary/aromatic N) is 2. The number of aliphatic carboxylic acids is 1. The van der Waals surface area contributed by atoms with Crippen molar-refractivity contribution in [3.8, 4) is 0 Å². The lowest BCUT2D eigenvalue weighted by Gasteiger charge is -2.24. The van der Waals surface area contributed by atoms with Crippen LogP contribution >= 0.6 is 11.8 Å². The summed E-state index contributed by atoms with van der Waals surface area (Å²) in [6, 6.07) is 0.0203. The molecular formula is C11H20N2O3S. The van der Waals surface area contributed by atoms with Gasteiger partial charge in [0.25, 0.3) is 0 Å². The molecule has 0 aromatic heterocycles. The predicted molar refractivity (Wildman–Crippen MR) is 68.3 cm³/mol. The standard InChI is InChI=1S/C11H20N2O3S/c1-12(5-6-17-2)11(16)13-4-3-9(8-13)7-10(14)15/h9H,3-8H2,1-2H3,(H,14,15). The average molecular weight is 260 g/mol. The topological polar surface area (TPSA) is 60.9 Å². The number of carboxylic acid groups (broad SMARTS) is 1. The molecule has 98 valence electrons. The van der Waals surface area contributed by atoms with E-state index in [1.807, 2.05) is 6.26 Å². The zero-order valence-electron chi connectivity index (χ0n) is 10.4. The fourth-order valence-corrected chi connectivity index (χ4v) is 2.44. The zero-order valence-corrected chi connectivity index (χ0v) is 11.2. The quantitative estimate of drug-likeness (QED) is 0.807. The lowest BCUT2D eigenvalue weighted by Crippen LogP contribution is -2.40. The van der Waals surface area contributed by atoms with Crippen molar-refractivity contribution in [2.24, 2.45) is 5.92 Å². The van der Waals surface area contributed by atoms with Crippen molar-refractivity contribution in [2.75, 3.05) is 38.7 Å². The Morgan fingerprint density at radius 3 is 2.82 bits per heavy atom. The summed E-state index contributed by atoms with van der Waals surface area (Å²) in [6.07, 6.45) is 2.98. The molecule has 1 saturated heterocycles. The maximum atomic E-state index is 12.0. The second-order valence-electron chi connectivity index (χ2n) is 4.40. The highest BCUT2D eigenvalue weighted by atomic mass is 32.2. The van der Waals surface area contributed by atoms with Gasteiger partial charge in [-0.25, -0.2) is 4.79 Å². The molecule has 1 rings (SSSR count). The number of hydrogen-bond donors (Lipinski definition) is 1. The molecule has 2 amide bonds. The molecule has 1 atom stereocenters. The average Bonchev–Trinajstić information content (AvgIpc) is 2.72. The number of hydrogen-bond acceptors (Lipinski definition) is 3. The molecule has 0 radical (unpaired) electrons. The maximum absolute atomic E-state index is 12.0. The van der Waals surface area contributed by atoms with Crippen LogP contribution in [0.25, 0.3) is 0 Å². The fraction of sp³-hybridized carbons (Fsp3) is 0.818. The molecule has 5 nitrogen and oxygen atoms in total. The van der Waals surface area contributed by atoms with Gasteiger partial charge in [0.05, 0.1) is 0 Å². The Kier molecular flexibility index (Phi) is 5.61. The van der Waals surface area contributed by atoms with Crippen LogP contribution in [0.2, 0.25) is 0 Å². The summed E-state index contributed by atoms with van der Waals surface area (Å²) in [7, 11) is 1.79. The Morgan fingerprint density at radius 1 is 1.53 bits per heavy atom. The van der Waals surface area contributed by atoms with Gasteiger partial charge in [0.15, 0.2) is 0 Å². The molecule has 1 aliphatic heterocycles. The minimum atomic E-state index is -0.778. The summed E-state index contributed by atoms with van der Waals surface area (Å²) < 4.78 is 0. The second-order valence-corrected chi connectivity index (χ2v) is 5.38. The Labute approximate surface area is 106 Å². The van der Waals surface area contributed by atoms with Crippen LogP contribution in [0.1, 0.15) is 12.8 Å². The molecule has 1 fully saturated rings. The van der Waals surface area contributed by atoms with Crippen LogP contribution in [0.3, 0.4) is 0 Å². The van der Waals surface area contributed by atoms with Gasteiger partial charge in [0.2, 0.25) is 0 Å². The van der Waals surface area contributed by atoms with E-state index in [-0.39, 0.29) is 18.4 Å². The van der Waals surface area contributed by atoms with Crippen molar-refractivity contribution in [3.63, 3.8) is 0 Å². The summed E-state index contributed by atoms with van der Waals surface area (Å²) in [5.41, 5.74) is 0. The van der Waals surface area contributed by atoms with Gasteiger partial charge in [-0.15, -0.1) is 0 Å². The molecule has 0 aromatic carbocycles. The molecule has 1 heterocycles. The summed E-state index contributed by atoms with van der Waals surface area (Å²) in [5, 5.41) is 8.71. The second kappa shape index (κ2) is 6.74. The highest BCUT2D eigenvalue weighted by Crippen LogP contribution is 2.20. The summed E-state index contributed by atoms with van der Waals surface area (Å²) in [5.74, 6) is 0.264. The molecule has 1 unspecified atom stereocenters. The lowest BCUT2D eigenvalue weighted by atomic mass is 10.1. The first kappa shape index (κ1) is 14.2. The predicted octanol–water partition coefficient (Wildman–Crippen LogP) is 1.20. The third-order valence-electron chi connectivity index (χ3n) is 2.98. The molecule has 17 heavy (non-hydrogen) atoms. The Hall–Kier alpha value is -0.910. The lowest BCUT2D eigenvalue weighted by molar-refractivity contribution is -0.138. The first-order valence-corrected chi connectivity index (χ1v) is 7.14. The van der Waals surface area contributed by atoms with Crippen LogP contribution in [-0.4, -0.2) is 65.6 Å². The van der Waals surface area contributed by atoms with Gasteiger partial charge >= 0.3 is 12.0 Å². The molecule has 6 heteroatoms. The van der Waals surface area contributed by atoms with Crippen molar-refractivity contribution < 1.29 is 14.7 Å². The van der Waals surface area contributed by atoms with E-state index in [0.29, 0.717) is 13.1 Å². The summed E-state index contributed by atoms with van der Waals surface area (Å²) >= 11 is 1.71. The van der Waals surface area contributed by atoms with Gasteiger partial charge in [-0.2, -0.15) is 11.8 Å². The van der Waals surface area contributed by atoms with Gasteiger partial charge in [-0.1, -0.05) is 0 Å². The fourth-order valence-electron chi connectivity index (χ4n) is 1.99. The maximum Gasteiger partial charge on any atom is 0.319 e. The van der Waals surface area contributed by atoms with Crippen LogP contribution in [0, 0.1) is 5.92 Å². The van der Waals surface area contributed by atoms with Crippen LogP contribution < -0.4 is 0 Å². The van der Waals surface area contributed by atoms with Crippen molar-refractivity contribution in [3.05, 3.63) is 0 Å². The minimum absolute atomic E-state index is 0.0203. The molecule has 0 aliphatic carbocycles. The highest BCUT2D eigenvalue weighted by molar-refractivity contribution is 7.98. The van der Waals surface area contributed by atoms with E-state index in [1.165, 1.54) is 0 Å². The van der Waals surface area contributed by atoms with Gasteiger partial charge in [0, 0.05) is 38.9 Å². The van der Waals surface area contributed by atoms with E-state index in [9.17, 15) is 9.59 Å². The van der Waals surface area contributed by atoms with Crippen molar-refractivity contribution in [2.45, 2.75) is 12.8 Å². The number of urea groups is 1. The first-order chi connectivity index (χ1) is 8.04. The number of likely N-dealkylation sites (tertiary alicyclic amines) is 1. The van der Waals surface area contributed by atoms with E-state index >= 15 is 0 Å². The van der Waals surface area contributed by atoms with Crippen LogP contribution in [0.15, 0.2) is 0 Å². The molecule has 1 aliphatic rings. The Morgan fingerprint density at radius 2 is 2.24 bits per heavy atom. The number of thioether (sulfide) groups is 1. The Bertz CT molecular complexity index is 286. The SMILES string of the molecule is CSCCN(C)C(=O)N1CCC(CC(=O)O)C1. The molecule has 0 bridgehead atoms. The van der Waals surface area contributed by atoms with E-state index in [0.717, 1.165) is 18.7 Å². The van der Waals surface area contributed by atoms with E-state index in [1.54, 1.807) is 28.6 Å². The smallest absolute Gasteiger partial charge is 0.319 e. The van der Waals surface area contributed by atoms with Gasteiger partial charge < -0.3 is 14.9 Å². The van der Waals surface area contributed by atoms with Crippen molar-refractivity contribution >= 4 is 23.8 Å². The number of carboxylic acids is 1. The van der Waals surface area contributed by atoms with Gasteiger partial charge in [0.1, 0.15) is 0 Å². The molecule has 0 spiro atoms. The van der Waals surface area contributed by atoms with Crippen LogP contribution in [0.5, 0.6) is 0 Å². The summed E-state index contributed by atoms with van der Waals surface area (Å²) in [6.45, 7) is 2.00. The molecule has 1 N–H and O–H groups in total. The number of carbonyl (C=O) groups excluding carboxylic acids is 1. The van der Waals surface area contributed by atoms with Crippen LogP contribution in [0.4, 0.5) is 4.79 Å². The van der Waals surface area contributed by atoms with E-state index in [2.05, 4.69) is 0 Å². The Balaban J connectivity index is 2.36. The molecular weight excluding hydrogens is 240 g/mol. The molecule has 0 aromatic rings. The van der Waals surface area contributed by atoms with E-state index in [4.69, 9.17) is 5.11 Å². The number of rotatable bonds is 5. The third-order valence-corrected chi connectivity index (χ3v) is 3.57. The largest absolute Gasteiger partial charge is 0.481 e. The number of carbonyl (C=O) groups is 2. The number of amides is 2. The molecule has 0 saturated carbocycles. The monoisotopic (exact) mass is 260 g/mol. The highest BCUT2D eigenvalue weighted by Gasteiger charge is 2.29. The zero-order chi connectivity index (χ0) is 12.8. The third kappa shape index (κ3) is 4.46. The van der Waals surface area contributed by atoms with Crippen LogP contribution in [-0.2, 0) is 4.79 Å². The van der Waals surface area contributed by atoms with E-state index < -0.39 is 5.97 Å². The summed E-state index contributed by atoms with van der Waals surface area (Å²) in [4.78, 5) is 26.0.